The third-order valence-corrected chi connectivity index (χ3v) is 5.20. The van der Waals surface area contributed by atoms with Gasteiger partial charge >= 0.3 is 0 Å². The molecule has 0 saturated carbocycles. The van der Waals surface area contributed by atoms with Gasteiger partial charge in [-0.2, -0.15) is 0 Å². The standard InChI is InChI=1S/C16H25N5S2/c1-4-14-21-13(11-22-14)6-8-18-16(17-5-2)19-9-7-15-20-10-12(3)23-15/h10-11H,4-9H2,1-3H3,(H2,17,18,19). The van der Waals surface area contributed by atoms with Crippen LogP contribution in [0.1, 0.15) is 34.4 Å². The van der Waals surface area contributed by atoms with Gasteiger partial charge in [-0.15, -0.1) is 22.7 Å². The summed E-state index contributed by atoms with van der Waals surface area (Å²) in [6.07, 6.45) is 4.75. The van der Waals surface area contributed by atoms with Gasteiger partial charge in [0.05, 0.1) is 15.7 Å². The van der Waals surface area contributed by atoms with Crippen molar-refractivity contribution >= 4 is 28.6 Å². The Balaban J connectivity index is 1.76. The number of aliphatic imine (C=N–C) groups is 1. The maximum absolute atomic E-state index is 4.61. The highest BCUT2D eigenvalue weighted by Gasteiger charge is 2.02. The van der Waals surface area contributed by atoms with Crippen LogP contribution in [0.5, 0.6) is 0 Å². The van der Waals surface area contributed by atoms with Crippen LogP contribution in [0.25, 0.3) is 0 Å². The number of hydrogen-bond acceptors (Lipinski definition) is 5. The minimum Gasteiger partial charge on any atom is -0.357 e. The quantitative estimate of drug-likeness (QED) is 0.567. The van der Waals surface area contributed by atoms with Crippen molar-refractivity contribution in [1.29, 1.82) is 0 Å². The first-order valence-corrected chi connectivity index (χ1v) is 9.77. The Morgan fingerprint density at radius 2 is 2.09 bits per heavy atom. The summed E-state index contributed by atoms with van der Waals surface area (Å²) in [5.74, 6) is 0.867. The molecule has 0 radical (unpaired) electrons. The molecule has 7 heteroatoms. The average Bonchev–Trinajstić information content (AvgIpc) is 3.16. The zero-order valence-corrected chi connectivity index (χ0v) is 15.7. The summed E-state index contributed by atoms with van der Waals surface area (Å²) >= 11 is 3.49. The molecule has 0 amide bonds. The summed E-state index contributed by atoms with van der Waals surface area (Å²) in [6, 6.07) is 0. The Morgan fingerprint density at radius 3 is 2.74 bits per heavy atom. The highest BCUT2D eigenvalue weighted by Crippen LogP contribution is 2.11. The fourth-order valence-electron chi connectivity index (χ4n) is 2.06. The van der Waals surface area contributed by atoms with Crippen LogP contribution >= 0.6 is 22.7 Å². The van der Waals surface area contributed by atoms with Gasteiger partial charge in [-0.1, -0.05) is 6.92 Å². The van der Waals surface area contributed by atoms with E-state index in [1.54, 1.807) is 22.7 Å². The minimum absolute atomic E-state index is 0.749. The zero-order chi connectivity index (χ0) is 16.5. The minimum atomic E-state index is 0.749. The van der Waals surface area contributed by atoms with Crippen molar-refractivity contribution in [2.75, 3.05) is 19.6 Å². The summed E-state index contributed by atoms with van der Waals surface area (Å²) in [4.78, 5) is 14.8. The molecule has 5 nitrogen and oxygen atoms in total. The predicted molar refractivity (Wildman–Crippen MR) is 99.7 cm³/mol. The fraction of sp³-hybridized carbons (Fsp3) is 0.562. The molecule has 126 valence electrons. The Morgan fingerprint density at radius 1 is 1.22 bits per heavy atom. The second-order valence-electron chi connectivity index (χ2n) is 5.14. The summed E-state index contributed by atoms with van der Waals surface area (Å²) in [5.41, 5.74) is 1.16. The molecule has 0 aliphatic rings. The van der Waals surface area contributed by atoms with Crippen LogP contribution in [0.2, 0.25) is 0 Å². The number of rotatable bonds is 8. The highest BCUT2D eigenvalue weighted by molar-refractivity contribution is 7.11. The van der Waals surface area contributed by atoms with Crippen molar-refractivity contribution in [3.63, 3.8) is 0 Å². The van der Waals surface area contributed by atoms with Crippen molar-refractivity contribution in [1.82, 2.24) is 20.6 Å². The van der Waals surface area contributed by atoms with Crippen LogP contribution in [0.4, 0.5) is 0 Å². The monoisotopic (exact) mass is 351 g/mol. The summed E-state index contributed by atoms with van der Waals surface area (Å²) in [6.45, 7) is 8.75. The number of hydrogen-bond donors (Lipinski definition) is 2. The number of guanidine groups is 1. The third-order valence-electron chi connectivity index (χ3n) is 3.18. The number of thiazole rings is 2. The van der Waals surface area contributed by atoms with Crippen molar-refractivity contribution in [2.24, 2.45) is 4.99 Å². The van der Waals surface area contributed by atoms with E-state index in [9.17, 15) is 0 Å². The van der Waals surface area contributed by atoms with Crippen LogP contribution in [0.15, 0.2) is 16.6 Å². The summed E-state index contributed by atoms with van der Waals surface area (Å²) < 4.78 is 0. The van der Waals surface area contributed by atoms with E-state index in [1.807, 2.05) is 6.20 Å². The molecule has 0 spiro atoms. The van der Waals surface area contributed by atoms with Crippen molar-refractivity contribution in [3.8, 4) is 0 Å². The molecule has 0 aliphatic carbocycles. The topological polar surface area (TPSA) is 62.2 Å². The van der Waals surface area contributed by atoms with Gasteiger partial charge in [-0.25, -0.2) is 9.97 Å². The predicted octanol–water partition coefficient (Wildman–Crippen LogP) is 2.81. The Labute approximate surface area is 146 Å². The van der Waals surface area contributed by atoms with E-state index in [0.29, 0.717) is 0 Å². The normalized spacial score (nSPS) is 11.7. The van der Waals surface area contributed by atoms with Gasteiger partial charge in [0, 0.05) is 48.9 Å². The van der Waals surface area contributed by atoms with Crippen LogP contribution in [-0.2, 0) is 19.3 Å². The molecule has 0 atom stereocenters. The third kappa shape index (κ3) is 6.27. The van der Waals surface area contributed by atoms with E-state index >= 15 is 0 Å². The number of nitrogens with zero attached hydrogens (tertiary/aromatic N) is 3. The van der Waals surface area contributed by atoms with E-state index in [4.69, 9.17) is 0 Å². The van der Waals surface area contributed by atoms with Gasteiger partial charge in [0.15, 0.2) is 5.96 Å². The molecule has 0 saturated heterocycles. The smallest absolute Gasteiger partial charge is 0.191 e. The van der Waals surface area contributed by atoms with Crippen LogP contribution in [-0.4, -0.2) is 35.6 Å². The Bertz CT molecular complexity index is 618. The first-order chi connectivity index (χ1) is 11.2. The molecule has 2 N–H and O–H groups in total. The van der Waals surface area contributed by atoms with Gasteiger partial charge in [0.25, 0.3) is 0 Å². The van der Waals surface area contributed by atoms with Gasteiger partial charge in [0.1, 0.15) is 0 Å². The SMILES string of the molecule is CCNC(=NCCc1ncc(C)s1)NCCc1csc(CC)n1. The van der Waals surface area contributed by atoms with E-state index in [2.05, 4.69) is 51.7 Å². The van der Waals surface area contributed by atoms with Gasteiger partial charge in [-0.05, 0) is 20.3 Å². The lowest BCUT2D eigenvalue weighted by Gasteiger charge is -2.10. The second kappa shape index (κ2) is 9.62. The Kier molecular flexibility index (Phi) is 7.48. The van der Waals surface area contributed by atoms with E-state index in [0.717, 1.165) is 55.6 Å². The van der Waals surface area contributed by atoms with Crippen molar-refractivity contribution < 1.29 is 0 Å². The lowest BCUT2D eigenvalue weighted by atomic mass is 10.3. The van der Waals surface area contributed by atoms with Crippen LogP contribution < -0.4 is 10.6 Å². The highest BCUT2D eigenvalue weighted by atomic mass is 32.1. The van der Waals surface area contributed by atoms with Gasteiger partial charge < -0.3 is 10.6 Å². The lowest BCUT2D eigenvalue weighted by Crippen LogP contribution is -2.38. The molecule has 23 heavy (non-hydrogen) atoms. The maximum atomic E-state index is 4.61. The molecule has 0 aliphatic heterocycles. The molecular weight excluding hydrogens is 326 g/mol. The van der Waals surface area contributed by atoms with Gasteiger partial charge in [0.2, 0.25) is 0 Å². The van der Waals surface area contributed by atoms with Gasteiger partial charge in [-0.3, -0.25) is 4.99 Å². The zero-order valence-electron chi connectivity index (χ0n) is 14.1. The maximum Gasteiger partial charge on any atom is 0.191 e. The molecule has 2 rings (SSSR count). The Hall–Kier alpha value is -1.47. The van der Waals surface area contributed by atoms with Crippen molar-refractivity contribution in [3.05, 3.63) is 32.2 Å². The summed E-state index contributed by atoms with van der Waals surface area (Å²) in [7, 11) is 0. The number of aryl methyl sites for hydroxylation is 2. The number of nitrogens with one attached hydrogen (secondary N) is 2. The largest absolute Gasteiger partial charge is 0.357 e. The molecule has 0 bridgehead atoms. The number of aromatic nitrogens is 2. The van der Waals surface area contributed by atoms with E-state index < -0.39 is 0 Å². The van der Waals surface area contributed by atoms with E-state index in [-0.39, 0.29) is 0 Å². The van der Waals surface area contributed by atoms with E-state index in [1.165, 1.54) is 9.88 Å². The molecule has 2 heterocycles. The average molecular weight is 352 g/mol. The lowest BCUT2D eigenvalue weighted by molar-refractivity contribution is 0.786. The molecule has 2 aromatic heterocycles. The molecular formula is C16H25N5S2. The summed E-state index contributed by atoms with van der Waals surface area (Å²) in [5, 5.41) is 11.2. The molecule has 0 aromatic carbocycles. The second-order valence-corrected chi connectivity index (χ2v) is 7.40. The molecule has 0 unspecified atom stereocenters. The molecule has 2 aromatic rings. The first-order valence-electron chi connectivity index (χ1n) is 8.08. The van der Waals surface area contributed by atoms with Crippen LogP contribution in [0.3, 0.4) is 0 Å². The van der Waals surface area contributed by atoms with Crippen LogP contribution in [0, 0.1) is 6.92 Å². The van der Waals surface area contributed by atoms with Crippen molar-refractivity contribution in [2.45, 2.75) is 40.0 Å². The molecule has 0 fully saturated rings. The first kappa shape index (κ1) is 17.9. The fourth-order valence-corrected chi connectivity index (χ4v) is 3.61.